The van der Waals surface area contributed by atoms with Crippen molar-refractivity contribution in [3.63, 3.8) is 0 Å². The van der Waals surface area contributed by atoms with Gasteiger partial charge in [0.05, 0.1) is 11.4 Å². The third-order valence-corrected chi connectivity index (χ3v) is 3.11. The molecule has 1 aromatic carbocycles. The van der Waals surface area contributed by atoms with Gasteiger partial charge >= 0.3 is 5.69 Å². The van der Waals surface area contributed by atoms with Gasteiger partial charge in [-0.25, -0.2) is 4.79 Å². The maximum Gasteiger partial charge on any atom is 0.331 e. The van der Waals surface area contributed by atoms with E-state index in [1.807, 2.05) is 0 Å². The van der Waals surface area contributed by atoms with Crippen LogP contribution in [-0.4, -0.2) is 15.0 Å². The van der Waals surface area contributed by atoms with Crippen LogP contribution in [0, 0.1) is 6.92 Å². The van der Waals surface area contributed by atoms with Crippen LogP contribution in [0.5, 0.6) is 0 Å². The zero-order chi connectivity index (χ0) is 15.6. The molecular formula is C14H16N4O3. The number of carbonyl (C=O) groups is 1. The number of nitrogen functional groups attached to an aromatic ring is 1. The molecule has 1 aromatic heterocycles. The topological polar surface area (TPSA) is 99.1 Å². The highest BCUT2D eigenvalue weighted by Crippen LogP contribution is 2.22. The largest absolute Gasteiger partial charge is 0.397 e. The van der Waals surface area contributed by atoms with Gasteiger partial charge in [0.15, 0.2) is 0 Å². The molecule has 0 aliphatic carbocycles. The maximum absolute atomic E-state index is 12.0. The van der Waals surface area contributed by atoms with Crippen molar-refractivity contribution in [2.24, 2.45) is 7.05 Å². The molecule has 110 valence electrons. The molecule has 7 nitrogen and oxygen atoms in total. The van der Waals surface area contributed by atoms with Crippen molar-refractivity contribution in [2.75, 3.05) is 11.1 Å². The van der Waals surface area contributed by atoms with E-state index < -0.39 is 17.2 Å². The molecule has 0 aliphatic heterocycles. The SMILES string of the molecule is Cc1cccc(N)c1NC(=O)Cn1c(=O)ccn(C)c1=O. The molecule has 1 amide bonds. The van der Waals surface area contributed by atoms with E-state index >= 15 is 0 Å². The van der Waals surface area contributed by atoms with E-state index in [0.29, 0.717) is 11.4 Å². The summed E-state index contributed by atoms with van der Waals surface area (Å²) < 4.78 is 2.10. The van der Waals surface area contributed by atoms with E-state index in [9.17, 15) is 14.4 Å². The lowest BCUT2D eigenvalue weighted by molar-refractivity contribution is -0.116. The van der Waals surface area contributed by atoms with Crippen LogP contribution in [0.3, 0.4) is 0 Å². The molecule has 1 heterocycles. The minimum atomic E-state index is -0.546. The molecule has 0 saturated heterocycles. The number of anilines is 2. The first-order valence-corrected chi connectivity index (χ1v) is 6.31. The number of aromatic nitrogens is 2. The number of hydrogen-bond donors (Lipinski definition) is 2. The lowest BCUT2D eigenvalue weighted by Crippen LogP contribution is -2.41. The third-order valence-electron chi connectivity index (χ3n) is 3.11. The standard InChI is InChI=1S/C14H16N4O3/c1-9-4-3-5-10(15)13(9)16-11(19)8-18-12(20)6-7-17(2)14(18)21/h3-7H,8,15H2,1-2H3,(H,16,19). The Morgan fingerprint density at radius 2 is 2.00 bits per heavy atom. The van der Waals surface area contributed by atoms with Gasteiger partial charge in [-0.1, -0.05) is 12.1 Å². The second-order valence-corrected chi connectivity index (χ2v) is 4.72. The monoisotopic (exact) mass is 288 g/mol. The van der Waals surface area contributed by atoms with E-state index in [0.717, 1.165) is 10.1 Å². The number of carbonyl (C=O) groups excluding carboxylic acids is 1. The van der Waals surface area contributed by atoms with Gasteiger partial charge in [0.2, 0.25) is 5.91 Å². The molecule has 3 N–H and O–H groups in total. The van der Waals surface area contributed by atoms with Crippen molar-refractivity contribution >= 4 is 17.3 Å². The Morgan fingerprint density at radius 1 is 1.29 bits per heavy atom. The molecule has 0 aliphatic rings. The first-order chi connectivity index (χ1) is 9.90. The van der Waals surface area contributed by atoms with Gasteiger partial charge in [-0.05, 0) is 18.6 Å². The molecule has 0 radical (unpaired) electrons. The van der Waals surface area contributed by atoms with E-state index in [1.165, 1.54) is 23.9 Å². The Hall–Kier alpha value is -2.83. The van der Waals surface area contributed by atoms with Crippen molar-refractivity contribution in [3.05, 3.63) is 56.9 Å². The van der Waals surface area contributed by atoms with Crippen molar-refractivity contribution in [3.8, 4) is 0 Å². The van der Waals surface area contributed by atoms with Gasteiger partial charge in [0, 0.05) is 19.3 Å². The van der Waals surface area contributed by atoms with Crippen LogP contribution in [0.1, 0.15) is 5.56 Å². The van der Waals surface area contributed by atoms with Gasteiger partial charge in [0.1, 0.15) is 6.54 Å². The molecule has 0 fully saturated rings. The van der Waals surface area contributed by atoms with Gasteiger partial charge < -0.3 is 15.6 Å². The third kappa shape index (κ3) is 3.02. The number of hydrogen-bond acceptors (Lipinski definition) is 4. The fraction of sp³-hybridized carbons (Fsp3) is 0.214. The summed E-state index contributed by atoms with van der Waals surface area (Å²) in [7, 11) is 1.51. The highest BCUT2D eigenvalue weighted by Gasteiger charge is 2.11. The van der Waals surface area contributed by atoms with Crippen molar-refractivity contribution in [1.29, 1.82) is 0 Å². The molecule has 2 aromatic rings. The van der Waals surface area contributed by atoms with Gasteiger partial charge in [-0.2, -0.15) is 0 Å². The Kier molecular flexibility index (Phi) is 3.93. The number of benzene rings is 1. The summed E-state index contributed by atoms with van der Waals surface area (Å²) in [6.07, 6.45) is 1.36. The Balaban J connectivity index is 2.26. The summed E-state index contributed by atoms with van der Waals surface area (Å²) >= 11 is 0. The lowest BCUT2D eigenvalue weighted by Gasteiger charge is -2.12. The zero-order valence-electron chi connectivity index (χ0n) is 11.8. The van der Waals surface area contributed by atoms with E-state index in [-0.39, 0.29) is 6.54 Å². The van der Waals surface area contributed by atoms with E-state index in [4.69, 9.17) is 5.73 Å². The number of aryl methyl sites for hydroxylation is 2. The van der Waals surface area contributed by atoms with Crippen LogP contribution in [0.15, 0.2) is 40.1 Å². The molecule has 21 heavy (non-hydrogen) atoms. The number of nitrogens with zero attached hydrogens (tertiary/aromatic N) is 2. The fourth-order valence-electron chi connectivity index (χ4n) is 1.94. The molecule has 0 bridgehead atoms. The van der Waals surface area contributed by atoms with Crippen molar-refractivity contribution < 1.29 is 4.79 Å². The van der Waals surface area contributed by atoms with Gasteiger partial charge in [0.25, 0.3) is 5.56 Å². The first-order valence-electron chi connectivity index (χ1n) is 6.31. The fourth-order valence-corrected chi connectivity index (χ4v) is 1.94. The Morgan fingerprint density at radius 3 is 2.67 bits per heavy atom. The number of nitrogens with two attached hydrogens (primary N) is 1. The predicted octanol–water partition coefficient (Wildman–Crippen LogP) is 0.0763. The number of rotatable bonds is 3. The van der Waals surface area contributed by atoms with Crippen molar-refractivity contribution in [1.82, 2.24) is 9.13 Å². The van der Waals surface area contributed by atoms with Crippen molar-refractivity contribution in [2.45, 2.75) is 13.5 Å². The Bertz CT molecular complexity index is 784. The molecule has 0 atom stereocenters. The normalized spacial score (nSPS) is 10.4. The van der Waals surface area contributed by atoms with E-state index in [1.54, 1.807) is 25.1 Å². The quantitative estimate of drug-likeness (QED) is 0.781. The van der Waals surface area contributed by atoms with Crippen LogP contribution in [-0.2, 0) is 18.4 Å². The molecule has 2 rings (SSSR count). The van der Waals surface area contributed by atoms with E-state index in [2.05, 4.69) is 5.32 Å². The van der Waals surface area contributed by atoms with Crippen LogP contribution in [0.4, 0.5) is 11.4 Å². The average molecular weight is 288 g/mol. The highest BCUT2D eigenvalue weighted by atomic mass is 16.2. The first kappa shape index (κ1) is 14.6. The summed E-state index contributed by atoms with van der Waals surface area (Å²) in [4.78, 5) is 35.5. The molecule has 0 unspecified atom stereocenters. The minimum Gasteiger partial charge on any atom is -0.397 e. The minimum absolute atomic E-state index is 0.361. The number of amides is 1. The predicted molar refractivity (Wildman–Crippen MR) is 80.2 cm³/mol. The number of nitrogens with one attached hydrogen (secondary N) is 1. The van der Waals surface area contributed by atoms with Crippen LogP contribution < -0.4 is 22.3 Å². The molecule has 7 heteroatoms. The zero-order valence-corrected chi connectivity index (χ0v) is 11.8. The van der Waals surface area contributed by atoms with Crippen LogP contribution in [0.2, 0.25) is 0 Å². The molecular weight excluding hydrogens is 272 g/mol. The summed E-state index contributed by atoms with van der Waals surface area (Å²) in [5.74, 6) is -0.485. The second-order valence-electron chi connectivity index (χ2n) is 4.72. The number of para-hydroxylation sites is 1. The maximum atomic E-state index is 12.0. The highest BCUT2D eigenvalue weighted by molar-refractivity contribution is 5.94. The summed E-state index contributed by atoms with van der Waals surface area (Å²) in [5.41, 5.74) is 6.45. The van der Waals surface area contributed by atoms with Crippen LogP contribution >= 0.6 is 0 Å². The molecule has 0 saturated carbocycles. The summed E-state index contributed by atoms with van der Waals surface area (Å²) in [6, 6.07) is 6.48. The second kappa shape index (κ2) is 5.66. The Labute approximate surface area is 120 Å². The molecule has 0 spiro atoms. The smallest absolute Gasteiger partial charge is 0.331 e. The lowest BCUT2D eigenvalue weighted by atomic mass is 10.1. The van der Waals surface area contributed by atoms with Gasteiger partial charge in [-0.15, -0.1) is 0 Å². The summed E-state index contributed by atoms with van der Waals surface area (Å²) in [6.45, 7) is 1.44. The average Bonchev–Trinajstić information content (AvgIpc) is 2.43. The van der Waals surface area contributed by atoms with Crippen LogP contribution in [0.25, 0.3) is 0 Å². The van der Waals surface area contributed by atoms with Gasteiger partial charge in [-0.3, -0.25) is 14.2 Å². The summed E-state index contributed by atoms with van der Waals surface area (Å²) in [5, 5.41) is 2.63.